The van der Waals surface area contributed by atoms with E-state index in [0.717, 1.165) is 10.5 Å². The van der Waals surface area contributed by atoms with Crippen LogP contribution < -0.4 is 10.6 Å². The highest BCUT2D eigenvalue weighted by atomic mass is 16.5. The average molecular weight is 333 g/mol. The predicted octanol–water partition coefficient (Wildman–Crippen LogP) is 0.210. The van der Waals surface area contributed by atoms with Crippen LogP contribution in [0.3, 0.4) is 0 Å². The number of rotatable bonds is 6. The molecule has 1 aromatic rings. The molecule has 1 aromatic carbocycles. The SMILES string of the molecule is Cc1ccccc1C(=O)NCCC(=O)OCC(=O)N1CCNC1=O. The van der Waals surface area contributed by atoms with E-state index in [4.69, 9.17) is 4.74 Å². The Kier molecular flexibility index (Phi) is 5.89. The summed E-state index contributed by atoms with van der Waals surface area (Å²) >= 11 is 0. The molecule has 8 nitrogen and oxygen atoms in total. The zero-order chi connectivity index (χ0) is 17.5. The topological polar surface area (TPSA) is 105 Å². The fourth-order valence-corrected chi connectivity index (χ4v) is 2.20. The van der Waals surface area contributed by atoms with Crippen molar-refractivity contribution >= 4 is 23.8 Å². The number of esters is 1. The summed E-state index contributed by atoms with van der Waals surface area (Å²) < 4.78 is 4.81. The number of hydrogen-bond donors (Lipinski definition) is 2. The van der Waals surface area contributed by atoms with Gasteiger partial charge >= 0.3 is 12.0 Å². The van der Waals surface area contributed by atoms with Crippen molar-refractivity contribution < 1.29 is 23.9 Å². The van der Waals surface area contributed by atoms with Crippen LogP contribution in [-0.4, -0.2) is 55.0 Å². The van der Waals surface area contributed by atoms with Gasteiger partial charge in [0.25, 0.3) is 11.8 Å². The molecule has 128 valence electrons. The molecule has 1 aliphatic rings. The van der Waals surface area contributed by atoms with E-state index in [2.05, 4.69) is 10.6 Å². The minimum atomic E-state index is -0.618. The largest absolute Gasteiger partial charge is 0.455 e. The maximum Gasteiger partial charge on any atom is 0.324 e. The molecule has 1 saturated heterocycles. The normalized spacial score (nSPS) is 13.4. The third kappa shape index (κ3) is 4.55. The van der Waals surface area contributed by atoms with Gasteiger partial charge in [-0.05, 0) is 18.6 Å². The van der Waals surface area contributed by atoms with E-state index < -0.39 is 24.5 Å². The molecule has 1 heterocycles. The number of urea groups is 1. The molecule has 1 fully saturated rings. The lowest BCUT2D eigenvalue weighted by Crippen LogP contribution is -2.37. The first-order valence-corrected chi connectivity index (χ1v) is 7.56. The Balaban J connectivity index is 1.68. The Labute approximate surface area is 139 Å². The van der Waals surface area contributed by atoms with Gasteiger partial charge in [0.05, 0.1) is 6.42 Å². The van der Waals surface area contributed by atoms with Crippen molar-refractivity contribution in [3.05, 3.63) is 35.4 Å². The minimum absolute atomic E-state index is 0.0584. The number of carbonyl (C=O) groups is 4. The molecule has 2 rings (SSSR count). The third-order valence-corrected chi connectivity index (χ3v) is 3.52. The number of nitrogens with one attached hydrogen (secondary N) is 2. The van der Waals surface area contributed by atoms with Crippen LogP contribution in [0.15, 0.2) is 24.3 Å². The van der Waals surface area contributed by atoms with Gasteiger partial charge in [0.2, 0.25) is 0 Å². The van der Waals surface area contributed by atoms with Crippen LogP contribution in [0, 0.1) is 6.92 Å². The van der Waals surface area contributed by atoms with E-state index in [1.807, 2.05) is 19.1 Å². The summed E-state index contributed by atoms with van der Waals surface area (Å²) in [6, 6.07) is 6.63. The van der Waals surface area contributed by atoms with Crippen molar-refractivity contribution in [2.24, 2.45) is 0 Å². The molecular weight excluding hydrogens is 314 g/mol. The molecule has 24 heavy (non-hydrogen) atoms. The summed E-state index contributed by atoms with van der Waals surface area (Å²) in [5, 5.41) is 5.10. The van der Waals surface area contributed by atoms with Crippen LogP contribution in [0.25, 0.3) is 0 Å². The van der Waals surface area contributed by atoms with Gasteiger partial charge in [-0.2, -0.15) is 0 Å². The highest BCUT2D eigenvalue weighted by molar-refractivity contribution is 5.97. The van der Waals surface area contributed by atoms with Crippen LogP contribution in [0.2, 0.25) is 0 Å². The molecule has 0 saturated carbocycles. The first-order valence-electron chi connectivity index (χ1n) is 7.56. The van der Waals surface area contributed by atoms with Crippen molar-refractivity contribution in [2.75, 3.05) is 26.2 Å². The molecule has 0 radical (unpaired) electrons. The van der Waals surface area contributed by atoms with Crippen molar-refractivity contribution in [3.8, 4) is 0 Å². The molecule has 0 aliphatic carbocycles. The van der Waals surface area contributed by atoms with Crippen molar-refractivity contribution in [1.29, 1.82) is 0 Å². The van der Waals surface area contributed by atoms with Gasteiger partial charge in [-0.15, -0.1) is 0 Å². The van der Waals surface area contributed by atoms with Gasteiger partial charge in [0.1, 0.15) is 0 Å². The number of ether oxygens (including phenoxy) is 1. The van der Waals surface area contributed by atoms with Gasteiger partial charge in [0, 0.05) is 25.2 Å². The fourth-order valence-electron chi connectivity index (χ4n) is 2.20. The summed E-state index contributed by atoms with van der Waals surface area (Å²) in [6.07, 6.45) is -0.0584. The Hall–Kier alpha value is -2.90. The molecule has 0 unspecified atom stereocenters. The van der Waals surface area contributed by atoms with Gasteiger partial charge in [-0.1, -0.05) is 18.2 Å². The quantitative estimate of drug-likeness (QED) is 0.724. The molecule has 0 bridgehead atoms. The number of amides is 4. The van der Waals surface area contributed by atoms with Crippen LogP contribution >= 0.6 is 0 Å². The molecule has 1 aliphatic heterocycles. The smallest absolute Gasteiger partial charge is 0.324 e. The van der Waals surface area contributed by atoms with E-state index in [1.54, 1.807) is 12.1 Å². The maximum absolute atomic E-state index is 12.0. The van der Waals surface area contributed by atoms with E-state index >= 15 is 0 Å². The Morgan fingerprint density at radius 2 is 2.04 bits per heavy atom. The van der Waals surface area contributed by atoms with Crippen molar-refractivity contribution in [2.45, 2.75) is 13.3 Å². The molecule has 8 heteroatoms. The Morgan fingerprint density at radius 3 is 2.71 bits per heavy atom. The molecular formula is C16H19N3O5. The Bertz CT molecular complexity index is 659. The van der Waals surface area contributed by atoms with Crippen molar-refractivity contribution in [3.63, 3.8) is 0 Å². The molecule has 0 spiro atoms. The molecule has 2 N–H and O–H groups in total. The molecule has 0 aromatic heterocycles. The number of carbonyl (C=O) groups excluding carboxylic acids is 4. The van der Waals surface area contributed by atoms with Crippen molar-refractivity contribution in [1.82, 2.24) is 15.5 Å². The van der Waals surface area contributed by atoms with Crippen LogP contribution in [0.4, 0.5) is 4.79 Å². The first-order chi connectivity index (χ1) is 11.5. The highest BCUT2D eigenvalue weighted by Gasteiger charge is 2.26. The van der Waals surface area contributed by atoms with Gasteiger partial charge in [-0.3, -0.25) is 19.3 Å². The van der Waals surface area contributed by atoms with Crippen LogP contribution in [0.1, 0.15) is 22.3 Å². The summed E-state index contributed by atoms with van der Waals surface area (Å²) in [7, 11) is 0. The van der Waals surface area contributed by atoms with Gasteiger partial charge in [-0.25, -0.2) is 4.79 Å². The lowest BCUT2D eigenvalue weighted by molar-refractivity contribution is -0.150. The number of hydrogen-bond acceptors (Lipinski definition) is 5. The lowest BCUT2D eigenvalue weighted by Gasteiger charge is -2.12. The molecule has 4 amide bonds. The standard InChI is InChI=1S/C16H19N3O5/c1-11-4-2-3-5-12(11)15(22)17-7-6-14(21)24-10-13(20)19-9-8-18-16(19)23/h2-5H,6-10H2,1H3,(H,17,22)(H,18,23). The summed E-state index contributed by atoms with van der Waals surface area (Å²) in [5.41, 5.74) is 1.38. The second-order valence-electron chi connectivity index (χ2n) is 5.26. The van der Waals surface area contributed by atoms with E-state index in [9.17, 15) is 19.2 Å². The third-order valence-electron chi connectivity index (χ3n) is 3.52. The highest BCUT2D eigenvalue weighted by Crippen LogP contribution is 2.06. The maximum atomic E-state index is 12.0. The zero-order valence-electron chi connectivity index (χ0n) is 13.3. The van der Waals surface area contributed by atoms with Gasteiger partial charge in [0.15, 0.2) is 6.61 Å². The first kappa shape index (κ1) is 17.5. The summed E-state index contributed by atoms with van der Waals surface area (Å²) in [5.74, 6) is -1.46. The fraction of sp³-hybridized carbons (Fsp3) is 0.375. The number of imide groups is 1. The minimum Gasteiger partial charge on any atom is -0.455 e. The van der Waals surface area contributed by atoms with E-state index in [-0.39, 0.29) is 25.4 Å². The van der Waals surface area contributed by atoms with E-state index in [1.165, 1.54) is 0 Å². The van der Waals surface area contributed by atoms with E-state index in [0.29, 0.717) is 12.1 Å². The average Bonchev–Trinajstić information content (AvgIpc) is 2.99. The molecule has 0 atom stereocenters. The lowest BCUT2D eigenvalue weighted by atomic mass is 10.1. The second-order valence-corrected chi connectivity index (χ2v) is 5.26. The van der Waals surface area contributed by atoms with Gasteiger partial charge < -0.3 is 15.4 Å². The Morgan fingerprint density at radius 1 is 1.29 bits per heavy atom. The van der Waals surface area contributed by atoms with Crippen LogP contribution in [-0.2, 0) is 14.3 Å². The second kappa shape index (κ2) is 8.09. The summed E-state index contributed by atoms with van der Waals surface area (Å²) in [6.45, 7) is 2.09. The monoisotopic (exact) mass is 333 g/mol. The number of nitrogens with zero attached hydrogens (tertiary/aromatic N) is 1. The number of aryl methyl sites for hydroxylation is 1. The predicted molar refractivity (Wildman–Crippen MR) is 84.2 cm³/mol. The summed E-state index contributed by atoms with van der Waals surface area (Å²) in [4.78, 5) is 47.5. The number of benzene rings is 1. The zero-order valence-corrected chi connectivity index (χ0v) is 13.3. The van der Waals surface area contributed by atoms with Crippen LogP contribution in [0.5, 0.6) is 0 Å².